The zero-order valence-electron chi connectivity index (χ0n) is 12.3. The predicted octanol–water partition coefficient (Wildman–Crippen LogP) is 4.12. The van der Waals surface area contributed by atoms with E-state index in [0.717, 1.165) is 15.9 Å². The molecule has 0 aliphatic carbocycles. The van der Waals surface area contributed by atoms with Gasteiger partial charge < -0.3 is 14.8 Å². The molecule has 0 heterocycles. The highest BCUT2D eigenvalue weighted by atomic mass is 79.9. The number of rotatable bonds is 7. The second-order valence-electron chi connectivity index (χ2n) is 4.50. The van der Waals surface area contributed by atoms with Gasteiger partial charge in [-0.3, -0.25) is 4.79 Å². The predicted molar refractivity (Wildman–Crippen MR) is 90.5 cm³/mol. The van der Waals surface area contributed by atoms with Gasteiger partial charge in [0.15, 0.2) is 0 Å². The molecule has 1 N–H and O–H groups in total. The van der Waals surface area contributed by atoms with Gasteiger partial charge in [0, 0.05) is 16.6 Å². The molecule has 0 aliphatic heterocycles. The molecule has 0 aromatic heterocycles. The van der Waals surface area contributed by atoms with E-state index in [2.05, 4.69) is 21.2 Å². The Labute approximate surface area is 138 Å². The Hall–Kier alpha value is -1.85. The monoisotopic (exact) mass is 363 g/mol. The van der Waals surface area contributed by atoms with Gasteiger partial charge in [-0.2, -0.15) is 0 Å². The molecule has 5 heteroatoms. The van der Waals surface area contributed by atoms with E-state index in [9.17, 15) is 4.79 Å². The van der Waals surface area contributed by atoms with Crippen LogP contribution in [0.1, 0.15) is 17.3 Å². The third kappa shape index (κ3) is 4.86. The molecule has 22 heavy (non-hydrogen) atoms. The number of hydrogen-bond donors (Lipinski definition) is 1. The average Bonchev–Trinajstić information content (AvgIpc) is 2.54. The maximum atomic E-state index is 12.2. The molecule has 0 bridgehead atoms. The van der Waals surface area contributed by atoms with Gasteiger partial charge >= 0.3 is 0 Å². The topological polar surface area (TPSA) is 47.6 Å². The van der Waals surface area contributed by atoms with Crippen LogP contribution in [-0.4, -0.2) is 25.7 Å². The van der Waals surface area contributed by atoms with E-state index in [1.165, 1.54) is 0 Å². The molecular weight excluding hydrogens is 346 g/mol. The van der Waals surface area contributed by atoms with Gasteiger partial charge in [-0.1, -0.05) is 12.1 Å². The Morgan fingerprint density at radius 3 is 2.50 bits per heavy atom. The number of carbonyl (C=O) groups excluding carboxylic acids is 1. The molecule has 0 aliphatic rings. The third-order valence-electron chi connectivity index (χ3n) is 2.94. The quantitative estimate of drug-likeness (QED) is 0.752. The molecule has 0 atom stereocenters. The molecule has 0 unspecified atom stereocenters. The minimum absolute atomic E-state index is 0.159. The lowest BCUT2D eigenvalue weighted by Crippen LogP contribution is -2.12. The summed E-state index contributed by atoms with van der Waals surface area (Å²) in [6.45, 7) is 3.67. The zero-order valence-corrected chi connectivity index (χ0v) is 13.9. The fourth-order valence-corrected chi connectivity index (χ4v) is 2.21. The smallest absolute Gasteiger partial charge is 0.255 e. The molecule has 0 saturated heterocycles. The van der Waals surface area contributed by atoms with Gasteiger partial charge in [-0.15, -0.1) is 0 Å². The number of carbonyl (C=O) groups is 1. The summed E-state index contributed by atoms with van der Waals surface area (Å²) >= 11 is 3.40. The summed E-state index contributed by atoms with van der Waals surface area (Å²) in [5, 5.41) is 2.86. The van der Waals surface area contributed by atoms with Gasteiger partial charge in [0.1, 0.15) is 12.4 Å². The number of benzene rings is 2. The summed E-state index contributed by atoms with van der Waals surface area (Å²) in [5.41, 5.74) is 1.32. The largest absolute Gasteiger partial charge is 0.491 e. The number of anilines is 1. The number of ether oxygens (including phenoxy) is 2. The van der Waals surface area contributed by atoms with Crippen LogP contribution in [-0.2, 0) is 4.74 Å². The second kappa shape index (κ2) is 8.56. The van der Waals surface area contributed by atoms with Crippen LogP contribution in [0.15, 0.2) is 53.0 Å². The van der Waals surface area contributed by atoms with E-state index in [1.807, 2.05) is 31.2 Å². The van der Waals surface area contributed by atoms with E-state index in [-0.39, 0.29) is 5.91 Å². The van der Waals surface area contributed by atoms with Crippen molar-refractivity contribution in [1.82, 2.24) is 0 Å². The van der Waals surface area contributed by atoms with Crippen molar-refractivity contribution in [3.8, 4) is 5.75 Å². The lowest BCUT2D eigenvalue weighted by Gasteiger charge is -2.09. The molecule has 1 amide bonds. The minimum Gasteiger partial charge on any atom is -0.491 e. The molecule has 0 spiro atoms. The molecule has 2 rings (SSSR count). The molecule has 0 saturated carbocycles. The van der Waals surface area contributed by atoms with E-state index in [0.29, 0.717) is 25.4 Å². The SMILES string of the molecule is CCOCCOc1ccc(C(=O)Nc2ccccc2Br)cc1. The molecule has 116 valence electrons. The molecule has 0 fully saturated rings. The van der Waals surface area contributed by atoms with Crippen molar-refractivity contribution in [2.24, 2.45) is 0 Å². The lowest BCUT2D eigenvalue weighted by atomic mass is 10.2. The summed E-state index contributed by atoms with van der Waals surface area (Å²) < 4.78 is 11.6. The summed E-state index contributed by atoms with van der Waals surface area (Å²) in [7, 11) is 0. The van der Waals surface area contributed by atoms with Gasteiger partial charge in [0.25, 0.3) is 5.91 Å². The van der Waals surface area contributed by atoms with Crippen LogP contribution in [0.4, 0.5) is 5.69 Å². The first-order valence-corrected chi connectivity index (χ1v) is 7.86. The number of hydrogen-bond acceptors (Lipinski definition) is 3. The molecule has 2 aromatic carbocycles. The van der Waals surface area contributed by atoms with E-state index in [4.69, 9.17) is 9.47 Å². The third-order valence-corrected chi connectivity index (χ3v) is 3.63. The zero-order chi connectivity index (χ0) is 15.8. The first-order chi connectivity index (χ1) is 10.7. The average molecular weight is 364 g/mol. The summed E-state index contributed by atoms with van der Waals surface area (Å²) in [6.07, 6.45) is 0. The van der Waals surface area contributed by atoms with Crippen LogP contribution in [0, 0.1) is 0 Å². The van der Waals surface area contributed by atoms with Crippen molar-refractivity contribution in [3.63, 3.8) is 0 Å². The highest BCUT2D eigenvalue weighted by Crippen LogP contribution is 2.22. The maximum Gasteiger partial charge on any atom is 0.255 e. The van der Waals surface area contributed by atoms with Crippen molar-refractivity contribution in [1.29, 1.82) is 0 Å². The highest BCUT2D eigenvalue weighted by molar-refractivity contribution is 9.10. The number of amides is 1. The highest BCUT2D eigenvalue weighted by Gasteiger charge is 2.08. The normalized spacial score (nSPS) is 10.3. The van der Waals surface area contributed by atoms with Crippen LogP contribution < -0.4 is 10.1 Å². The van der Waals surface area contributed by atoms with Gasteiger partial charge in [-0.25, -0.2) is 0 Å². The van der Waals surface area contributed by atoms with Crippen LogP contribution in [0.3, 0.4) is 0 Å². The molecule has 2 aromatic rings. The van der Waals surface area contributed by atoms with Crippen molar-refractivity contribution in [2.45, 2.75) is 6.92 Å². The summed E-state index contributed by atoms with van der Waals surface area (Å²) in [5.74, 6) is 0.560. The van der Waals surface area contributed by atoms with E-state index >= 15 is 0 Å². The Bertz CT molecular complexity index is 614. The summed E-state index contributed by atoms with van der Waals surface area (Å²) in [6, 6.07) is 14.5. The van der Waals surface area contributed by atoms with Crippen molar-refractivity contribution in [2.75, 3.05) is 25.1 Å². The molecular formula is C17H18BrNO3. The standard InChI is InChI=1S/C17H18BrNO3/c1-2-21-11-12-22-14-9-7-13(8-10-14)17(20)19-16-6-4-3-5-15(16)18/h3-10H,2,11-12H2,1H3,(H,19,20). The van der Waals surface area contributed by atoms with E-state index < -0.39 is 0 Å². The van der Waals surface area contributed by atoms with Crippen molar-refractivity contribution < 1.29 is 14.3 Å². The van der Waals surface area contributed by atoms with E-state index in [1.54, 1.807) is 24.3 Å². The molecule has 0 radical (unpaired) electrons. The lowest BCUT2D eigenvalue weighted by molar-refractivity contribution is 0.102. The fraction of sp³-hybridized carbons (Fsp3) is 0.235. The van der Waals surface area contributed by atoms with Crippen molar-refractivity contribution >= 4 is 27.5 Å². The van der Waals surface area contributed by atoms with Crippen LogP contribution >= 0.6 is 15.9 Å². The van der Waals surface area contributed by atoms with Crippen LogP contribution in [0.5, 0.6) is 5.75 Å². The number of para-hydroxylation sites is 1. The number of nitrogens with one attached hydrogen (secondary N) is 1. The van der Waals surface area contributed by atoms with Gasteiger partial charge in [0.05, 0.1) is 12.3 Å². The fourth-order valence-electron chi connectivity index (χ4n) is 1.82. The van der Waals surface area contributed by atoms with Crippen LogP contribution in [0.2, 0.25) is 0 Å². The Morgan fingerprint density at radius 1 is 1.09 bits per heavy atom. The Morgan fingerprint density at radius 2 is 1.82 bits per heavy atom. The van der Waals surface area contributed by atoms with Gasteiger partial charge in [-0.05, 0) is 59.3 Å². The Kier molecular flexibility index (Phi) is 6.43. The maximum absolute atomic E-state index is 12.2. The van der Waals surface area contributed by atoms with Gasteiger partial charge in [0.2, 0.25) is 0 Å². The molecule has 4 nitrogen and oxygen atoms in total. The number of halogens is 1. The van der Waals surface area contributed by atoms with Crippen molar-refractivity contribution in [3.05, 3.63) is 58.6 Å². The summed E-state index contributed by atoms with van der Waals surface area (Å²) in [4.78, 5) is 12.2. The minimum atomic E-state index is -0.159. The second-order valence-corrected chi connectivity index (χ2v) is 5.36. The first kappa shape index (κ1) is 16.5. The Balaban J connectivity index is 1.92. The first-order valence-electron chi connectivity index (χ1n) is 7.07. The van der Waals surface area contributed by atoms with Crippen LogP contribution in [0.25, 0.3) is 0 Å².